The highest BCUT2D eigenvalue weighted by Crippen LogP contribution is 2.66. The first-order chi connectivity index (χ1) is 12.7. The SMILES string of the molecule is C[C@H](CC(=O)O)[C@H]1CC[C@H]2[C@@H]3C=C[C@H]4C[C@@H](O)CC[C@]4(C)[C@H]3C[C@H](O)[C@]12C. The van der Waals surface area contributed by atoms with Crippen molar-refractivity contribution in [2.45, 2.75) is 77.9 Å². The smallest absolute Gasteiger partial charge is 0.303 e. The van der Waals surface area contributed by atoms with Gasteiger partial charge in [-0.2, -0.15) is 0 Å². The highest BCUT2D eigenvalue weighted by Gasteiger charge is 2.62. The van der Waals surface area contributed by atoms with Gasteiger partial charge in [0, 0.05) is 6.42 Å². The predicted molar refractivity (Wildman–Crippen MR) is 104 cm³/mol. The van der Waals surface area contributed by atoms with Crippen molar-refractivity contribution < 1.29 is 20.1 Å². The molecule has 0 unspecified atom stereocenters. The summed E-state index contributed by atoms with van der Waals surface area (Å²) >= 11 is 0. The van der Waals surface area contributed by atoms with Gasteiger partial charge in [-0.05, 0) is 84.9 Å². The lowest BCUT2D eigenvalue weighted by Crippen LogP contribution is -2.57. The molecular weight excluding hydrogens is 340 g/mol. The molecule has 4 rings (SSSR count). The minimum absolute atomic E-state index is 0.101. The summed E-state index contributed by atoms with van der Waals surface area (Å²) in [5.74, 6) is 1.46. The molecule has 3 saturated carbocycles. The Morgan fingerprint density at radius 3 is 2.56 bits per heavy atom. The van der Waals surface area contributed by atoms with Crippen LogP contribution in [0.1, 0.15) is 65.7 Å². The van der Waals surface area contributed by atoms with Crippen LogP contribution in [0.2, 0.25) is 0 Å². The lowest BCUT2D eigenvalue weighted by atomic mass is 9.45. The summed E-state index contributed by atoms with van der Waals surface area (Å²) in [5, 5.41) is 30.8. The third-order valence-corrected chi connectivity index (χ3v) is 9.50. The molecule has 3 fully saturated rings. The van der Waals surface area contributed by atoms with Gasteiger partial charge in [-0.1, -0.05) is 32.9 Å². The highest BCUT2D eigenvalue weighted by molar-refractivity contribution is 5.67. The van der Waals surface area contributed by atoms with Crippen molar-refractivity contribution in [3.05, 3.63) is 12.2 Å². The van der Waals surface area contributed by atoms with Crippen molar-refractivity contribution in [1.29, 1.82) is 0 Å². The fraction of sp³-hybridized carbons (Fsp3) is 0.870. The normalized spacial score (nSPS) is 52.6. The Kier molecular flexibility index (Phi) is 4.74. The van der Waals surface area contributed by atoms with Crippen LogP contribution in [0.4, 0.5) is 0 Å². The molecule has 0 aromatic heterocycles. The van der Waals surface area contributed by atoms with E-state index in [0.29, 0.717) is 23.7 Å². The maximum absolute atomic E-state index is 11.4. The van der Waals surface area contributed by atoms with E-state index >= 15 is 0 Å². The lowest BCUT2D eigenvalue weighted by molar-refractivity contribution is -0.149. The summed E-state index contributed by atoms with van der Waals surface area (Å²) in [4.78, 5) is 11.3. The number of aliphatic hydroxyl groups excluding tert-OH is 2. The zero-order chi connectivity index (χ0) is 19.6. The highest BCUT2D eigenvalue weighted by atomic mass is 16.4. The van der Waals surface area contributed by atoms with Crippen molar-refractivity contribution >= 4 is 5.97 Å². The van der Waals surface area contributed by atoms with Gasteiger partial charge in [-0.3, -0.25) is 4.79 Å². The average molecular weight is 377 g/mol. The molecular formula is C23H36O4. The summed E-state index contributed by atoms with van der Waals surface area (Å²) in [6, 6.07) is 0. The molecule has 10 atom stereocenters. The van der Waals surface area contributed by atoms with E-state index in [1.165, 1.54) is 0 Å². The maximum Gasteiger partial charge on any atom is 0.303 e. The summed E-state index contributed by atoms with van der Waals surface area (Å²) in [7, 11) is 0. The Hall–Kier alpha value is -0.870. The third kappa shape index (κ3) is 2.81. The number of aliphatic hydroxyl groups is 2. The van der Waals surface area contributed by atoms with Crippen LogP contribution in [0.25, 0.3) is 0 Å². The topological polar surface area (TPSA) is 77.8 Å². The molecule has 0 heterocycles. The summed E-state index contributed by atoms with van der Waals surface area (Å²) in [6.45, 7) is 6.68. The number of rotatable bonds is 3. The van der Waals surface area contributed by atoms with E-state index in [9.17, 15) is 20.1 Å². The van der Waals surface area contributed by atoms with Crippen molar-refractivity contribution in [1.82, 2.24) is 0 Å². The van der Waals surface area contributed by atoms with Crippen LogP contribution in [-0.2, 0) is 4.79 Å². The van der Waals surface area contributed by atoms with Crippen molar-refractivity contribution in [3.8, 4) is 0 Å². The number of aliphatic carboxylic acids is 1. The Bertz CT molecular complexity index is 630. The van der Waals surface area contributed by atoms with Crippen molar-refractivity contribution in [2.24, 2.45) is 46.3 Å². The molecule has 4 aliphatic rings. The first-order valence-corrected chi connectivity index (χ1v) is 10.9. The van der Waals surface area contributed by atoms with E-state index in [2.05, 4.69) is 32.9 Å². The molecule has 0 saturated heterocycles. The van der Waals surface area contributed by atoms with Gasteiger partial charge >= 0.3 is 5.97 Å². The van der Waals surface area contributed by atoms with Crippen LogP contribution >= 0.6 is 0 Å². The maximum atomic E-state index is 11.4. The molecule has 152 valence electrons. The second-order valence-corrected chi connectivity index (χ2v) is 10.6. The Morgan fingerprint density at radius 1 is 1.11 bits per heavy atom. The largest absolute Gasteiger partial charge is 0.481 e. The van der Waals surface area contributed by atoms with Crippen LogP contribution in [0, 0.1) is 46.3 Å². The quantitative estimate of drug-likeness (QED) is 0.654. The van der Waals surface area contributed by atoms with Gasteiger partial charge in [0.1, 0.15) is 0 Å². The van der Waals surface area contributed by atoms with Crippen LogP contribution in [0.15, 0.2) is 12.2 Å². The molecule has 0 radical (unpaired) electrons. The molecule has 0 aliphatic heterocycles. The number of fused-ring (bicyclic) bond motifs is 5. The lowest BCUT2D eigenvalue weighted by Gasteiger charge is -2.60. The molecule has 0 aromatic rings. The van der Waals surface area contributed by atoms with Crippen molar-refractivity contribution in [2.75, 3.05) is 0 Å². The molecule has 0 amide bonds. The van der Waals surface area contributed by atoms with Gasteiger partial charge in [-0.15, -0.1) is 0 Å². The zero-order valence-corrected chi connectivity index (χ0v) is 17.0. The van der Waals surface area contributed by atoms with Gasteiger partial charge in [0.2, 0.25) is 0 Å². The van der Waals surface area contributed by atoms with E-state index in [0.717, 1.165) is 38.5 Å². The van der Waals surface area contributed by atoms with E-state index in [4.69, 9.17) is 0 Å². The van der Waals surface area contributed by atoms with E-state index < -0.39 is 5.97 Å². The van der Waals surface area contributed by atoms with Crippen LogP contribution in [0.3, 0.4) is 0 Å². The second-order valence-electron chi connectivity index (χ2n) is 10.6. The fourth-order valence-corrected chi connectivity index (χ4v) is 7.95. The number of hydrogen-bond donors (Lipinski definition) is 3. The molecule has 0 spiro atoms. The van der Waals surface area contributed by atoms with Gasteiger partial charge < -0.3 is 15.3 Å². The van der Waals surface area contributed by atoms with Gasteiger partial charge in [0.05, 0.1) is 12.2 Å². The molecule has 0 bridgehead atoms. The van der Waals surface area contributed by atoms with Crippen molar-refractivity contribution in [3.63, 3.8) is 0 Å². The minimum atomic E-state index is -0.730. The van der Waals surface area contributed by atoms with Gasteiger partial charge in [0.25, 0.3) is 0 Å². The number of allylic oxidation sites excluding steroid dienone is 2. The van der Waals surface area contributed by atoms with E-state index in [1.807, 2.05) is 0 Å². The first kappa shape index (κ1) is 19.4. The summed E-state index contributed by atoms with van der Waals surface area (Å²) in [6.07, 6.45) is 10.2. The minimum Gasteiger partial charge on any atom is -0.481 e. The molecule has 27 heavy (non-hydrogen) atoms. The van der Waals surface area contributed by atoms with Gasteiger partial charge in [-0.25, -0.2) is 0 Å². The Morgan fingerprint density at radius 2 is 1.85 bits per heavy atom. The zero-order valence-electron chi connectivity index (χ0n) is 17.0. The van der Waals surface area contributed by atoms with Crippen LogP contribution in [0.5, 0.6) is 0 Å². The third-order valence-electron chi connectivity index (χ3n) is 9.50. The summed E-state index contributed by atoms with van der Waals surface area (Å²) in [5.41, 5.74) is -0.0104. The fourth-order valence-electron chi connectivity index (χ4n) is 7.95. The molecule has 0 aromatic carbocycles. The van der Waals surface area contributed by atoms with E-state index in [1.54, 1.807) is 0 Å². The number of carboxylic acid groups (broad SMARTS) is 1. The predicted octanol–water partition coefficient (Wildman–Crippen LogP) is 3.86. The molecule has 4 heteroatoms. The van der Waals surface area contributed by atoms with Gasteiger partial charge in [0.15, 0.2) is 0 Å². The first-order valence-electron chi connectivity index (χ1n) is 10.9. The monoisotopic (exact) mass is 376 g/mol. The number of hydrogen-bond acceptors (Lipinski definition) is 3. The molecule has 3 N–H and O–H groups in total. The standard InChI is InChI=1S/C23H36O4/c1-13(10-21(26)27)17-6-7-18-16-5-4-14-11-15(24)8-9-22(14,2)19(16)12-20(25)23(17,18)3/h4-5,13-20,24-25H,6-12H2,1-3H3,(H,26,27)/t13-,14+,15+,16+,17-,18+,19+,20+,22+,23-/m1/s1. The van der Waals surface area contributed by atoms with Crippen LogP contribution < -0.4 is 0 Å². The Balaban J connectivity index is 1.64. The van der Waals surface area contributed by atoms with E-state index in [-0.39, 0.29) is 41.3 Å². The molecule has 4 aliphatic carbocycles. The average Bonchev–Trinajstić information content (AvgIpc) is 2.95. The van der Waals surface area contributed by atoms with Crippen LogP contribution in [-0.4, -0.2) is 33.5 Å². The number of carbonyl (C=O) groups is 1. The second kappa shape index (κ2) is 6.59. The Labute approximate surface area is 163 Å². The number of carboxylic acids is 1. The summed E-state index contributed by atoms with van der Waals surface area (Å²) < 4.78 is 0. The molecule has 4 nitrogen and oxygen atoms in total.